The van der Waals surface area contributed by atoms with Gasteiger partial charge in [-0.05, 0) is 18.2 Å². The van der Waals surface area contributed by atoms with Crippen LogP contribution in [0, 0.1) is 0 Å². The number of benzene rings is 1. The van der Waals surface area contributed by atoms with Gasteiger partial charge in [-0.1, -0.05) is 50.7 Å². The molecule has 0 unspecified atom stereocenters. The molecule has 7 heteroatoms. The van der Waals surface area contributed by atoms with Crippen LogP contribution in [0.3, 0.4) is 0 Å². The normalized spacial score (nSPS) is 13.0. The summed E-state index contributed by atoms with van der Waals surface area (Å²) in [4.78, 5) is 0. The lowest BCUT2D eigenvalue weighted by Gasteiger charge is -2.14. The molecule has 0 atom stereocenters. The Morgan fingerprint density at radius 1 is 0.933 bits per heavy atom. The summed E-state index contributed by atoms with van der Waals surface area (Å²) in [6, 6.07) is 3.04. The Bertz CT molecular complexity index is 338. The minimum atomic E-state index is -4.46. The minimum Gasteiger partial charge on any atom is -0.166 e. The molecule has 0 heterocycles. The third-order valence-corrected chi connectivity index (χ3v) is 2.66. The SMILES string of the molecule is FC(F)(F)c1cc(Br)cc(C(Cl)(Cl)Cl)c1. The Morgan fingerprint density at radius 3 is 1.80 bits per heavy atom. The summed E-state index contributed by atoms with van der Waals surface area (Å²) in [5.74, 6) is 0. The lowest BCUT2D eigenvalue weighted by Crippen LogP contribution is -2.08. The van der Waals surface area contributed by atoms with E-state index in [9.17, 15) is 13.2 Å². The lowest BCUT2D eigenvalue weighted by atomic mass is 10.1. The molecule has 0 radical (unpaired) electrons. The fraction of sp³-hybridized carbons (Fsp3) is 0.250. The molecule has 84 valence electrons. The molecule has 1 aromatic rings. The predicted molar refractivity (Wildman–Crippen MR) is 58.4 cm³/mol. The van der Waals surface area contributed by atoms with Gasteiger partial charge < -0.3 is 0 Å². The monoisotopic (exact) mass is 340 g/mol. The second-order valence-electron chi connectivity index (χ2n) is 2.72. The van der Waals surface area contributed by atoms with Crippen LogP contribution in [-0.2, 0) is 9.97 Å². The maximum atomic E-state index is 12.4. The van der Waals surface area contributed by atoms with Crippen LogP contribution in [0.2, 0.25) is 0 Å². The van der Waals surface area contributed by atoms with Gasteiger partial charge in [-0.15, -0.1) is 0 Å². The van der Waals surface area contributed by atoms with Gasteiger partial charge in [0.15, 0.2) is 0 Å². The van der Waals surface area contributed by atoms with Gasteiger partial charge in [0.1, 0.15) is 0 Å². The topological polar surface area (TPSA) is 0 Å². The molecule has 1 rings (SSSR count). The van der Waals surface area contributed by atoms with Crippen LogP contribution in [-0.4, -0.2) is 0 Å². The maximum absolute atomic E-state index is 12.4. The summed E-state index contributed by atoms with van der Waals surface area (Å²) in [5, 5.41) is 0. The van der Waals surface area contributed by atoms with Crippen molar-refractivity contribution in [1.82, 2.24) is 0 Å². The van der Waals surface area contributed by atoms with E-state index in [1.165, 1.54) is 6.07 Å². The van der Waals surface area contributed by atoms with E-state index in [1.807, 2.05) is 0 Å². The van der Waals surface area contributed by atoms with Gasteiger partial charge in [0, 0.05) is 10.0 Å². The van der Waals surface area contributed by atoms with Gasteiger partial charge in [-0.25, -0.2) is 0 Å². The van der Waals surface area contributed by atoms with E-state index in [1.54, 1.807) is 0 Å². The van der Waals surface area contributed by atoms with Crippen molar-refractivity contribution in [3.05, 3.63) is 33.8 Å². The molecule has 0 saturated heterocycles. The molecule has 0 saturated carbocycles. The van der Waals surface area contributed by atoms with Crippen LogP contribution >= 0.6 is 50.7 Å². The molecule has 0 spiro atoms. The van der Waals surface area contributed by atoms with E-state index in [0.717, 1.165) is 12.1 Å². The highest BCUT2D eigenvalue weighted by Gasteiger charge is 2.33. The van der Waals surface area contributed by atoms with Crippen LogP contribution in [0.1, 0.15) is 11.1 Å². The molecule has 0 aliphatic carbocycles. The zero-order valence-electron chi connectivity index (χ0n) is 6.88. The Hall–Kier alpha value is 0.360. The number of rotatable bonds is 0. The van der Waals surface area contributed by atoms with Gasteiger partial charge in [-0.3, -0.25) is 0 Å². The van der Waals surface area contributed by atoms with E-state index >= 15 is 0 Å². The van der Waals surface area contributed by atoms with Crippen molar-refractivity contribution in [2.24, 2.45) is 0 Å². The first-order valence-electron chi connectivity index (χ1n) is 3.55. The van der Waals surface area contributed by atoms with Crippen molar-refractivity contribution in [1.29, 1.82) is 0 Å². The predicted octanol–water partition coefficient (Wildman–Crippen LogP) is 5.29. The van der Waals surface area contributed by atoms with E-state index in [-0.39, 0.29) is 10.0 Å². The van der Waals surface area contributed by atoms with Crippen LogP contribution in [0.4, 0.5) is 13.2 Å². The first-order chi connectivity index (χ1) is 6.60. The number of hydrogen-bond acceptors (Lipinski definition) is 0. The maximum Gasteiger partial charge on any atom is 0.416 e. The third-order valence-electron chi connectivity index (χ3n) is 1.55. The molecule has 0 aromatic heterocycles. The summed E-state index contributed by atoms with van der Waals surface area (Å²) < 4.78 is 35.5. The van der Waals surface area contributed by atoms with Gasteiger partial charge in [0.05, 0.1) is 5.56 Å². The first-order valence-corrected chi connectivity index (χ1v) is 5.48. The quantitative estimate of drug-likeness (QED) is 0.562. The minimum absolute atomic E-state index is 0.0331. The Labute approximate surface area is 107 Å². The summed E-state index contributed by atoms with van der Waals surface area (Å²) >= 11 is 19.4. The van der Waals surface area contributed by atoms with Crippen LogP contribution in [0.5, 0.6) is 0 Å². The molecule has 0 aliphatic heterocycles. The van der Waals surface area contributed by atoms with Gasteiger partial charge in [0.2, 0.25) is 3.79 Å². The molecular weight excluding hydrogens is 339 g/mol. The number of halogens is 7. The van der Waals surface area contributed by atoms with Gasteiger partial charge >= 0.3 is 6.18 Å². The van der Waals surface area contributed by atoms with E-state index in [2.05, 4.69) is 15.9 Å². The molecule has 0 aliphatic rings. The number of hydrogen-bond donors (Lipinski definition) is 0. The standard InChI is InChI=1S/C8H3BrCl3F3/c9-6-2-4(7(10,11)12)1-5(3-6)8(13,14)15/h1-3H. The number of alkyl halides is 6. The van der Waals surface area contributed by atoms with Crippen molar-refractivity contribution in [2.75, 3.05) is 0 Å². The van der Waals surface area contributed by atoms with E-state index in [0.29, 0.717) is 0 Å². The molecular formula is C8H3BrCl3F3. The van der Waals surface area contributed by atoms with Crippen molar-refractivity contribution in [3.63, 3.8) is 0 Å². The first kappa shape index (κ1) is 13.4. The van der Waals surface area contributed by atoms with Crippen LogP contribution in [0.25, 0.3) is 0 Å². The second kappa shape index (κ2) is 4.32. The van der Waals surface area contributed by atoms with Gasteiger partial charge in [0.25, 0.3) is 0 Å². The molecule has 15 heavy (non-hydrogen) atoms. The average molecular weight is 342 g/mol. The summed E-state index contributed by atoms with van der Waals surface area (Å²) in [5.41, 5.74) is -0.896. The second-order valence-corrected chi connectivity index (χ2v) is 5.92. The largest absolute Gasteiger partial charge is 0.416 e. The lowest BCUT2D eigenvalue weighted by molar-refractivity contribution is -0.137. The highest BCUT2D eigenvalue weighted by molar-refractivity contribution is 9.10. The fourth-order valence-electron chi connectivity index (χ4n) is 0.917. The molecule has 0 nitrogen and oxygen atoms in total. The highest BCUT2D eigenvalue weighted by atomic mass is 79.9. The van der Waals surface area contributed by atoms with Crippen molar-refractivity contribution >= 4 is 50.7 Å². The highest BCUT2D eigenvalue weighted by Crippen LogP contribution is 2.42. The van der Waals surface area contributed by atoms with Gasteiger partial charge in [-0.2, -0.15) is 13.2 Å². The van der Waals surface area contributed by atoms with Crippen molar-refractivity contribution in [2.45, 2.75) is 9.97 Å². The van der Waals surface area contributed by atoms with E-state index < -0.39 is 15.5 Å². The van der Waals surface area contributed by atoms with Crippen LogP contribution in [0.15, 0.2) is 22.7 Å². The summed E-state index contributed by atoms with van der Waals surface area (Å²) in [6.45, 7) is 0. The van der Waals surface area contributed by atoms with Crippen molar-refractivity contribution < 1.29 is 13.2 Å². The molecule has 0 N–H and O–H groups in total. The summed E-state index contributed by atoms with van der Waals surface area (Å²) in [7, 11) is 0. The Balaban J connectivity index is 3.30. The molecule has 0 amide bonds. The Kier molecular flexibility index (Phi) is 3.87. The van der Waals surface area contributed by atoms with Crippen LogP contribution < -0.4 is 0 Å². The van der Waals surface area contributed by atoms with Crippen molar-refractivity contribution in [3.8, 4) is 0 Å². The molecule has 0 fully saturated rings. The van der Waals surface area contributed by atoms with E-state index in [4.69, 9.17) is 34.8 Å². The molecule has 0 bridgehead atoms. The third kappa shape index (κ3) is 3.70. The molecule has 1 aromatic carbocycles. The fourth-order valence-corrected chi connectivity index (χ4v) is 1.74. The Morgan fingerprint density at radius 2 is 1.40 bits per heavy atom. The zero-order chi connectivity index (χ0) is 11.9. The average Bonchev–Trinajstić information content (AvgIpc) is 1.99. The zero-order valence-corrected chi connectivity index (χ0v) is 10.7. The smallest absolute Gasteiger partial charge is 0.166 e. The summed E-state index contributed by atoms with van der Waals surface area (Å²) in [6.07, 6.45) is -4.46.